The molecule has 0 saturated heterocycles. The van der Waals surface area contributed by atoms with E-state index >= 15 is 0 Å². The molecule has 2 aromatic rings. The van der Waals surface area contributed by atoms with E-state index in [1.165, 1.54) is 0 Å². The normalized spacial score (nSPS) is 10.5. The maximum Gasteiger partial charge on any atom is 0.338 e. The largest absolute Gasteiger partial charge is 0.462 e. The number of esters is 1. The molecule has 0 aliphatic heterocycles. The molecule has 0 amide bonds. The quantitative estimate of drug-likeness (QED) is 0.817. The van der Waals surface area contributed by atoms with Crippen LogP contribution >= 0.6 is 0 Å². The van der Waals surface area contributed by atoms with Crippen LogP contribution in [0.3, 0.4) is 0 Å². The molecule has 17 heavy (non-hydrogen) atoms. The monoisotopic (exact) mass is 230 g/mol. The number of aromatic nitrogens is 1. The van der Waals surface area contributed by atoms with Gasteiger partial charge in [0.05, 0.1) is 17.7 Å². The summed E-state index contributed by atoms with van der Waals surface area (Å²) in [5.41, 5.74) is 7.87. The van der Waals surface area contributed by atoms with Crippen molar-refractivity contribution in [2.45, 2.75) is 13.5 Å². The number of nitrogens with two attached hydrogens (primary N) is 1. The molecule has 0 fully saturated rings. The van der Waals surface area contributed by atoms with Crippen LogP contribution in [-0.2, 0) is 11.3 Å². The van der Waals surface area contributed by atoms with Crippen molar-refractivity contribution < 1.29 is 9.53 Å². The smallest absolute Gasteiger partial charge is 0.338 e. The average Bonchev–Trinajstić information content (AvgIpc) is 2.37. The van der Waals surface area contributed by atoms with Gasteiger partial charge < -0.3 is 10.5 Å². The molecule has 0 aliphatic rings. The first-order valence-corrected chi connectivity index (χ1v) is 5.51. The number of nitrogens with zero attached hydrogens (tertiary/aromatic N) is 1. The van der Waals surface area contributed by atoms with Crippen LogP contribution < -0.4 is 5.73 Å². The van der Waals surface area contributed by atoms with Crippen LogP contribution in [0.2, 0.25) is 0 Å². The second kappa shape index (κ2) is 4.93. The first-order chi connectivity index (χ1) is 8.27. The molecular weight excluding hydrogens is 216 g/mol. The topological polar surface area (TPSA) is 65.2 Å². The summed E-state index contributed by atoms with van der Waals surface area (Å²) in [6.45, 7) is 2.54. The molecule has 4 nitrogen and oxygen atoms in total. The lowest BCUT2D eigenvalue weighted by Crippen LogP contribution is -2.07. The van der Waals surface area contributed by atoms with E-state index in [0.717, 1.165) is 16.5 Å². The molecular formula is C13H14N2O2. The average molecular weight is 230 g/mol. The molecule has 0 saturated carbocycles. The summed E-state index contributed by atoms with van der Waals surface area (Å²) in [7, 11) is 0. The van der Waals surface area contributed by atoms with Gasteiger partial charge >= 0.3 is 5.97 Å². The van der Waals surface area contributed by atoms with E-state index in [0.29, 0.717) is 18.7 Å². The van der Waals surface area contributed by atoms with Gasteiger partial charge in [0.2, 0.25) is 0 Å². The van der Waals surface area contributed by atoms with E-state index in [1.54, 1.807) is 25.3 Å². The van der Waals surface area contributed by atoms with Crippen LogP contribution in [-0.4, -0.2) is 17.6 Å². The highest BCUT2D eigenvalue weighted by molar-refractivity contribution is 6.04. The van der Waals surface area contributed by atoms with E-state index in [-0.39, 0.29) is 5.97 Å². The Bertz CT molecular complexity index is 552. The maximum absolute atomic E-state index is 11.8. The highest BCUT2D eigenvalue weighted by Gasteiger charge is 2.13. The van der Waals surface area contributed by atoms with Gasteiger partial charge in [0.25, 0.3) is 0 Å². The summed E-state index contributed by atoms with van der Waals surface area (Å²) in [5, 5.41) is 0.786. The van der Waals surface area contributed by atoms with Crippen molar-refractivity contribution in [1.29, 1.82) is 0 Å². The minimum absolute atomic E-state index is 0.325. The van der Waals surface area contributed by atoms with Gasteiger partial charge in [0, 0.05) is 18.1 Å². The molecule has 2 N–H and O–H groups in total. The summed E-state index contributed by atoms with van der Waals surface area (Å²) in [4.78, 5) is 16.0. The minimum Gasteiger partial charge on any atom is -0.462 e. The Morgan fingerprint density at radius 3 is 2.94 bits per heavy atom. The molecule has 0 atom stereocenters. The fraction of sp³-hybridized carbons (Fsp3) is 0.231. The van der Waals surface area contributed by atoms with Gasteiger partial charge in [-0.25, -0.2) is 4.79 Å². The Balaban J connectivity index is 2.62. The molecule has 88 valence electrons. The number of ether oxygens (including phenoxy) is 1. The summed E-state index contributed by atoms with van der Waals surface area (Å²) in [6.07, 6.45) is 1.69. The minimum atomic E-state index is -0.325. The second-order valence-electron chi connectivity index (χ2n) is 3.60. The lowest BCUT2D eigenvalue weighted by molar-refractivity contribution is 0.0528. The van der Waals surface area contributed by atoms with Crippen molar-refractivity contribution in [3.8, 4) is 0 Å². The number of hydrogen-bond donors (Lipinski definition) is 1. The Kier molecular flexibility index (Phi) is 3.35. The molecule has 1 heterocycles. The van der Waals surface area contributed by atoms with E-state index in [2.05, 4.69) is 4.98 Å². The summed E-state index contributed by atoms with van der Waals surface area (Å²) >= 11 is 0. The highest BCUT2D eigenvalue weighted by Crippen LogP contribution is 2.21. The third-order valence-electron chi connectivity index (χ3n) is 2.57. The summed E-state index contributed by atoms with van der Waals surface area (Å²) in [6, 6.07) is 7.21. The number of benzene rings is 1. The van der Waals surface area contributed by atoms with Crippen LogP contribution in [0.5, 0.6) is 0 Å². The zero-order chi connectivity index (χ0) is 12.3. The zero-order valence-electron chi connectivity index (χ0n) is 9.64. The zero-order valence-corrected chi connectivity index (χ0v) is 9.64. The molecule has 0 unspecified atom stereocenters. The lowest BCUT2D eigenvalue weighted by atomic mass is 10.0. The van der Waals surface area contributed by atoms with Gasteiger partial charge in [0.15, 0.2) is 0 Å². The van der Waals surface area contributed by atoms with Crippen molar-refractivity contribution in [2.24, 2.45) is 5.73 Å². The van der Waals surface area contributed by atoms with Crippen molar-refractivity contribution in [1.82, 2.24) is 4.98 Å². The van der Waals surface area contributed by atoms with Gasteiger partial charge in [0.1, 0.15) is 0 Å². The molecule has 0 radical (unpaired) electrons. The Morgan fingerprint density at radius 1 is 1.41 bits per heavy atom. The number of pyridine rings is 1. The number of carbonyl (C=O) groups is 1. The van der Waals surface area contributed by atoms with Crippen LogP contribution in [0.25, 0.3) is 10.9 Å². The van der Waals surface area contributed by atoms with Crippen molar-refractivity contribution in [2.75, 3.05) is 6.61 Å². The Morgan fingerprint density at radius 2 is 2.24 bits per heavy atom. The van der Waals surface area contributed by atoms with Crippen molar-refractivity contribution in [3.63, 3.8) is 0 Å². The predicted octanol–water partition coefficient (Wildman–Crippen LogP) is 1.87. The van der Waals surface area contributed by atoms with Gasteiger partial charge in [-0.1, -0.05) is 12.1 Å². The first kappa shape index (κ1) is 11.5. The van der Waals surface area contributed by atoms with Crippen LogP contribution in [0.4, 0.5) is 0 Å². The van der Waals surface area contributed by atoms with Crippen LogP contribution in [0.1, 0.15) is 22.8 Å². The van der Waals surface area contributed by atoms with Gasteiger partial charge in [-0.15, -0.1) is 0 Å². The molecule has 0 spiro atoms. The summed E-state index contributed by atoms with van der Waals surface area (Å²) < 4.78 is 5.01. The van der Waals surface area contributed by atoms with E-state index in [1.807, 2.05) is 12.1 Å². The van der Waals surface area contributed by atoms with E-state index in [4.69, 9.17) is 10.5 Å². The predicted molar refractivity (Wildman–Crippen MR) is 65.6 cm³/mol. The summed E-state index contributed by atoms with van der Waals surface area (Å²) in [5.74, 6) is -0.325. The van der Waals surface area contributed by atoms with Gasteiger partial charge in [-0.2, -0.15) is 0 Å². The third kappa shape index (κ3) is 2.12. The lowest BCUT2D eigenvalue weighted by Gasteiger charge is -2.08. The molecule has 0 bridgehead atoms. The fourth-order valence-electron chi connectivity index (χ4n) is 1.78. The van der Waals surface area contributed by atoms with Gasteiger partial charge in [-0.05, 0) is 24.6 Å². The van der Waals surface area contributed by atoms with E-state index in [9.17, 15) is 4.79 Å². The maximum atomic E-state index is 11.8. The Hall–Kier alpha value is -1.94. The number of fused-ring (bicyclic) bond motifs is 1. The SMILES string of the molecule is CCOC(=O)c1ccc(CN)c2ncccc12. The fourth-order valence-corrected chi connectivity index (χ4v) is 1.78. The number of hydrogen-bond acceptors (Lipinski definition) is 4. The molecule has 1 aromatic carbocycles. The van der Waals surface area contributed by atoms with Crippen LogP contribution in [0, 0.1) is 0 Å². The number of carbonyl (C=O) groups excluding carboxylic acids is 1. The van der Waals surface area contributed by atoms with Crippen LogP contribution in [0.15, 0.2) is 30.5 Å². The van der Waals surface area contributed by atoms with Crippen molar-refractivity contribution >= 4 is 16.9 Å². The molecule has 0 aliphatic carbocycles. The standard InChI is InChI=1S/C13H14N2O2/c1-2-17-13(16)11-6-5-9(8-14)12-10(11)4-3-7-15-12/h3-7H,2,8,14H2,1H3. The third-order valence-corrected chi connectivity index (χ3v) is 2.57. The Labute approximate surface area is 99.4 Å². The molecule has 2 rings (SSSR count). The van der Waals surface area contributed by atoms with Gasteiger partial charge in [-0.3, -0.25) is 4.98 Å². The van der Waals surface area contributed by atoms with E-state index < -0.39 is 0 Å². The highest BCUT2D eigenvalue weighted by atomic mass is 16.5. The molecule has 4 heteroatoms. The second-order valence-corrected chi connectivity index (χ2v) is 3.60. The van der Waals surface area contributed by atoms with Crippen molar-refractivity contribution in [3.05, 3.63) is 41.6 Å². The first-order valence-electron chi connectivity index (χ1n) is 5.51. The number of rotatable bonds is 3. The molecule has 1 aromatic heterocycles.